The average Bonchev–Trinajstić information content (AvgIpc) is 3.27. The summed E-state index contributed by atoms with van der Waals surface area (Å²) in [5.74, 6) is -0.169. The van der Waals surface area contributed by atoms with E-state index < -0.39 is 0 Å². The number of H-pyrrole nitrogens is 1. The number of rotatable bonds is 7. The molecule has 7 nitrogen and oxygen atoms in total. The second-order valence-electron chi connectivity index (χ2n) is 8.01. The van der Waals surface area contributed by atoms with Crippen LogP contribution in [0, 0.1) is 0 Å². The first-order chi connectivity index (χ1) is 15.6. The van der Waals surface area contributed by atoms with E-state index in [0.29, 0.717) is 38.3 Å². The summed E-state index contributed by atoms with van der Waals surface area (Å²) in [4.78, 5) is 44.2. The Morgan fingerprint density at radius 3 is 2.31 bits per heavy atom. The fraction of sp³-hybridized carbons (Fsp3) is 0.320. The zero-order valence-electron chi connectivity index (χ0n) is 18.0. The van der Waals surface area contributed by atoms with Gasteiger partial charge in [-0.05, 0) is 18.1 Å². The molecule has 0 bridgehead atoms. The number of carbonyl (C=O) groups excluding carboxylic acids is 3. The molecule has 4 rings (SSSR count). The van der Waals surface area contributed by atoms with Crippen LogP contribution in [-0.2, 0) is 16.0 Å². The second kappa shape index (κ2) is 10.1. The standard InChI is InChI=1S/C25H28N4O3/c30-23(26-13-12-19-6-2-1-3-7-19)10-11-24(31)28-14-16-29(17-15-28)25(32)21-18-27-22-9-5-4-8-20(21)22/h1-9,18,27H,10-17H2,(H,26,30). The average molecular weight is 433 g/mol. The lowest BCUT2D eigenvalue weighted by atomic mass is 10.1. The summed E-state index contributed by atoms with van der Waals surface area (Å²) in [7, 11) is 0. The molecule has 1 aliphatic heterocycles. The Kier molecular flexibility index (Phi) is 6.84. The Balaban J connectivity index is 1.19. The second-order valence-corrected chi connectivity index (χ2v) is 8.01. The lowest BCUT2D eigenvalue weighted by Gasteiger charge is -2.34. The molecule has 0 unspecified atom stereocenters. The van der Waals surface area contributed by atoms with Gasteiger partial charge < -0.3 is 20.1 Å². The maximum Gasteiger partial charge on any atom is 0.256 e. The number of para-hydroxylation sites is 1. The fourth-order valence-corrected chi connectivity index (χ4v) is 4.04. The molecule has 32 heavy (non-hydrogen) atoms. The number of aromatic amines is 1. The van der Waals surface area contributed by atoms with Gasteiger partial charge in [-0.3, -0.25) is 14.4 Å². The van der Waals surface area contributed by atoms with Gasteiger partial charge in [0, 0.05) is 62.7 Å². The van der Waals surface area contributed by atoms with Crippen molar-refractivity contribution >= 4 is 28.6 Å². The van der Waals surface area contributed by atoms with Gasteiger partial charge in [-0.1, -0.05) is 48.5 Å². The van der Waals surface area contributed by atoms with Crippen LogP contribution in [0.2, 0.25) is 0 Å². The molecule has 0 aliphatic carbocycles. The number of nitrogens with zero attached hydrogens (tertiary/aromatic N) is 2. The zero-order valence-corrected chi connectivity index (χ0v) is 18.0. The highest BCUT2D eigenvalue weighted by molar-refractivity contribution is 6.06. The molecule has 1 aromatic heterocycles. The van der Waals surface area contributed by atoms with Crippen molar-refractivity contribution in [3.63, 3.8) is 0 Å². The van der Waals surface area contributed by atoms with Crippen molar-refractivity contribution in [2.75, 3.05) is 32.7 Å². The van der Waals surface area contributed by atoms with Crippen LogP contribution in [0.3, 0.4) is 0 Å². The predicted octanol–water partition coefficient (Wildman–Crippen LogP) is 2.59. The first kappa shape index (κ1) is 21.6. The summed E-state index contributed by atoms with van der Waals surface area (Å²) in [6, 6.07) is 17.7. The number of fused-ring (bicyclic) bond motifs is 1. The number of carbonyl (C=O) groups is 3. The molecule has 0 atom stereocenters. The maximum atomic E-state index is 12.9. The van der Waals surface area contributed by atoms with Crippen molar-refractivity contribution in [1.29, 1.82) is 0 Å². The highest BCUT2D eigenvalue weighted by Gasteiger charge is 2.26. The van der Waals surface area contributed by atoms with Crippen LogP contribution in [0.5, 0.6) is 0 Å². The SMILES string of the molecule is O=C(CCC(=O)N1CCN(C(=O)c2c[nH]c3ccccc23)CC1)NCCc1ccccc1. The molecule has 166 valence electrons. The molecule has 0 spiro atoms. The Bertz CT molecular complexity index is 1080. The molecule has 2 heterocycles. The van der Waals surface area contributed by atoms with Gasteiger partial charge in [0.25, 0.3) is 5.91 Å². The van der Waals surface area contributed by atoms with E-state index in [1.165, 1.54) is 5.56 Å². The molecule has 0 saturated carbocycles. The minimum atomic E-state index is -0.109. The first-order valence-corrected chi connectivity index (χ1v) is 11.1. The molecule has 0 radical (unpaired) electrons. The number of hydrogen-bond acceptors (Lipinski definition) is 3. The van der Waals surface area contributed by atoms with Crippen molar-refractivity contribution in [3.05, 3.63) is 71.9 Å². The molecular weight excluding hydrogens is 404 g/mol. The van der Waals surface area contributed by atoms with Crippen molar-refractivity contribution < 1.29 is 14.4 Å². The van der Waals surface area contributed by atoms with E-state index in [1.807, 2.05) is 54.6 Å². The molecule has 2 N–H and O–H groups in total. The quantitative estimate of drug-likeness (QED) is 0.602. The third kappa shape index (κ3) is 5.17. The number of hydrogen-bond donors (Lipinski definition) is 2. The summed E-state index contributed by atoms with van der Waals surface area (Å²) in [5, 5.41) is 3.79. The number of amides is 3. The number of aromatic nitrogens is 1. The van der Waals surface area contributed by atoms with Gasteiger partial charge in [-0.25, -0.2) is 0 Å². The smallest absolute Gasteiger partial charge is 0.256 e. The normalized spacial score (nSPS) is 13.9. The van der Waals surface area contributed by atoms with Gasteiger partial charge in [0.1, 0.15) is 0 Å². The Labute approximate surface area is 187 Å². The third-order valence-electron chi connectivity index (χ3n) is 5.88. The Hall–Kier alpha value is -3.61. The van der Waals surface area contributed by atoms with Gasteiger partial charge in [0.2, 0.25) is 11.8 Å². The first-order valence-electron chi connectivity index (χ1n) is 11.1. The van der Waals surface area contributed by atoms with Gasteiger partial charge in [-0.15, -0.1) is 0 Å². The van der Waals surface area contributed by atoms with Crippen LogP contribution in [-0.4, -0.2) is 65.2 Å². The van der Waals surface area contributed by atoms with Gasteiger partial charge in [0.05, 0.1) is 5.56 Å². The van der Waals surface area contributed by atoms with E-state index in [1.54, 1.807) is 16.0 Å². The Morgan fingerprint density at radius 1 is 0.844 bits per heavy atom. The lowest BCUT2D eigenvalue weighted by molar-refractivity contribution is -0.134. The van der Waals surface area contributed by atoms with Gasteiger partial charge in [-0.2, -0.15) is 0 Å². The molecule has 2 aromatic carbocycles. The molecule has 7 heteroatoms. The third-order valence-corrected chi connectivity index (χ3v) is 5.88. The molecule has 1 saturated heterocycles. The van der Waals surface area contributed by atoms with Crippen molar-refractivity contribution in [1.82, 2.24) is 20.1 Å². The highest BCUT2D eigenvalue weighted by Crippen LogP contribution is 2.20. The van der Waals surface area contributed by atoms with Crippen molar-refractivity contribution in [2.24, 2.45) is 0 Å². The van der Waals surface area contributed by atoms with Crippen LogP contribution in [0.4, 0.5) is 0 Å². The minimum absolute atomic E-state index is 0.0210. The number of nitrogens with one attached hydrogen (secondary N) is 2. The molecule has 1 aliphatic rings. The number of piperazine rings is 1. The van der Waals surface area contributed by atoms with E-state index in [-0.39, 0.29) is 30.6 Å². The van der Waals surface area contributed by atoms with E-state index >= 15 is 0 Å². The van der Waals surface area contributed by atoms with E-state index in [2.05, 4.69) is 10.3 Å². The predicted molar refractivity (Wildman–Crippen MR) is 123 cm³/mol. The number of benzene rings is 2. The lowest BCUT2D eigenvalue weighted by Crippen LogP contribution is -2.50. The Morgan fingerprint density at radius 2 is 1.53 bits per heavy atom. The van der Waals surface area contributed by atoms with Crippen molar-refractivity contribution in [2.45, 2.75) is 19.3 Å². The molecule has 3 amide bonds. The van der Waals surface area contributed by atoms with Crippen molar-refractivity contribution in [3.8, 4) is 0 Å². The highest BCUT2D eigenvalue weighted by atomic mass is 16.2. The van der Waals surface area contributed by atoms with Gasteiger partial charge in [0.15, 0.2) is 0 Å². The van der Waals surface area contributed by atoms with Crippen LogP contribution in [0.25, 0.3) is 10.9 Å². The molecular formula is C25H28N4O3. The minimum Gasteiger partial charge on any atom is -0.360 e. The summed E-state index contributed by atoms with van der Waals surface area (Å²) < 4.78 is 0. The van der Waals surface area contributed by atoms with Crippen LogP contribution >= 0.6 is 0 Å². The largest absolute Gasteiger partial charge is 0.360 e. The monoisotopic (exact) mass is 432 g/mol. The summed E-state index contributed by atoms with van der Waals surface area (Å²) >= 11 is 0. The molecule has 3 aromatic rings. The fourth-order valence-electron chi connectivity index (χ4n) is 4.04. The van der Waals surface area contributed by atoms with Crippen LogP contribution in [0.15, 0.2) is 60.8 Å². The summed E-state index contributed by atoms with van der Waals surface area (Å²) in [5.41, 5.74) is 2.77. The van der Waals surface area contributed by atoms with E-state index in [0.717, 1.165) is 17.3 Å². The van der Waals surface area contributed by atoms with E-state index in [9.17, 15) is 14.4 Å². The van der Waals surface area contributed by atoms with Crippen LogP contribution < -0.4 is 5.32 Å². The zero-order chi connectivity index (χ0) is 22.3. The summed E-state index contributed by atoms with van der Waals surface area (Å²) in [6.07, 6.45) is 2.89. The maximum absolute atomic E-state index is 12.9. The van der Waals surface area contributed by atoms with E-state index in [4.69, 9.17) is 0 Å². The molecule has 1 fully saturated rings. The summed E-state index contributed by atoms with van der Waals surface area (Å²) in [6.45, 7) is 2.53. The van der Waals surface area contributed by atoms with Gasteiger partial charge >= 0.3 is 0 Å². The van der Waals surface area contributed by atoms with Crippen LogP contribution in [0.1, 0.15) is 28.8 Å². The topological polar surface area (TPSA) is 85.5 Å².